The fourth-order valence-corrected chi connectivity index (χ4v) is 2.70. The van der Waals surface area contributed by atoms with Gasteiger partial charge in [0.15, 0.2) is 5.65 Å². The number of hydrogen-bond donors (Lipinski definition) is 1. The van der Waals surface area contributed by atoms with Gasteiger partial charge in [0.2, 0.25) is 0 Å². The molecular weight excluding hydrogens is 312 g/mol. The third-order valence-electron chi connectivity index (χ3n) is 3.92. The highest BCUT2D eigenvalue weighted by atomic mass is 35.5. The van der Waals surface area contributed by atoms with Crippen LogP contribution in [0.3, 0.4) is 0 Å². The average molecular weight is 335 g/mol. The third-order valence-corrected chi connectivity index (χ3v) is 3.92. The molecule has 0 aromatic carbocycles. The lowest BCUT2D eigenvalue weighted by Gasteiger charge is -2.07. The van der Waals surface area contributed by atoms with Crippen molar-refractivity contribution in [3.8, 4) is 0 Å². The summed E-state index contributed by atoms with van der Waals surface area (Å²) in [6.45, 7) is 6.86. The lowest BCUT2D eigenvalue weighted by Crippen LogP contribution is -2.16. The molecule has 0 bridgehead atoms. The van der Waals surface area contributed by atoms with E-state index in [0.717, 1.165) is 48.6 Å². The monoisotopic (exact) mass is 334 g/mol. The van der Waals surface area contributed by atoms with Crippen LogP contribution < -0.4 is 5.32 Å². The van der Waals surface area contributed by atoms with Crippen LogP contribution in [0.4, 0.5) is 0 Å². The molecule has 0 fully saturated rings. The minimum absolute atomic E-state index is 0. The first-order valence-corrected chi connectivity index (χ1v) is 7.62. The molecule has 0 saturated carbocycles. The SMILES string of the molecule is Cc1nn(C)c2ncc(CNCCCn3ccnc3C)cc12.Cl. The Balaban J connectivity index is 0.00000192. The molecule has 0 saturated heterocycles. The molecule has 0 unspecified atom stereocenters. The first kappa shape index (κ1) is 17.4. The topological polar surface area (TPSA) is 60.6 Å². The van der Waals surface area contributed by atoms with Crippen LogP contribution in [0.2, 0.25) is 0 Å². The van der Waals surface area contributed by atoms with E-state index in [9.17, 15) is 0 Å². The van der Waals surface area contributed by atoms with Gasteiger partial charge in [-0.2, -0.15) is 5.10 Å². The van der Waals surface area contributed by atoms with Crippen molar-refractivity contribution < 1.29 is 0 Å². The molecule has 3 aromatic rings. The Labute approximate surface area is 142 Å². The van der Waals surface area contributed by atoms with Crippen molar-refractivity contribution in [3.05, 3.63) is 41.7 Å². The fourth-order valence-electron chi connectivity index (χ4n) is 2.70. The van der Waals surface area contributed by atoms with Crippen LogP contribution >= 0.6 is 12.4 Å². The van der Waals surface area contributed by atoms with E-state index in [1.54, 1.807) is 0 Å². The molecule has 0 amide bonds. The lowest BCUT2D eigenvalue weighted by molar-refractivity contribution is 0.572. The summed E-state index contributed by atoms with van der Waals surface area (Å²) in [5, 5.41) is 9.01. The highest BCUT2D eigenvalue weighted by Crippen LogP contribution is 2.16. The molecule has 7 heteroatoms. The lowest BCUT2D eigenvalue weighted by atomic mass is 10.2. The Morgan fingerprint density at radius 3 is 2.78 bits per heavy atom. The van der Waals surface area contributed by atoms with E-state index < -0.39 is 0 Å². The van der Waals surface area contributed by atoms with Crippen LogP contribution in [0.1, 0.15) is 23.5 Å². The Morgan fingerprint density at radius 1 is 1.22 bits per heavy atom. The van der Waals surface area contributed by atoms with Crippen LogP contribution in [-0.4, -0.2) is 30.9 Å². The average Bonchev–Trinajstić information content (AvgIpc) is 3.03. The number of pyridine rings is 1. The van der Waals surface area contributed by atoms with Gasteiger partial charge in [0.25, 0.3) is 0 Å². The summed E-state index contributed by atoms with van der Waals surface area (Å²) in [4.78, 5) is 8.73. The van der Waals surface area contributed by atoms with Crippen molar-refractivity contribution in [1.29, 1.82) is 0 Å². The Kier molecular flexibility index (Phi) is 5.74. The number of aryl methyl sites for hydroxylation is 4. The Hall–Kier alpha value is -1.92. The number of halogens is 1. The normalized spacial score (nSPS) is 10.9. The second-order valence-electron chi connectivity index (χ2n) is 5.62. The summed E-state index contributed by atoms with van der Waals surface area (Å²) in [5.74, 6) is 1.07. The molecule has 0 radical (unpaired) electrons. The van der Waals surface area contributed by atoms with Gasteiger partial charge < -0.3 is 9.88 Å². The molecule has 0 aliphatic rings. The zero-order chi connectivity index (χ0) is 15.5. The van der Waals surface area contributed by atoms with E-state index >= 15 is 0 Å². The molecule has 3 heterocycles. The number of nitrogens with one attached hydrogen (secondary N) is 1. The molecule has 3 aromatic heterocycles. The van der Waals surface area contributed by atoms with E-state index in [2.05, 4.69) is 31.0 Å². The quantitative estimate of drug-likeness (QED) is 0.703. The van der Waals surface area contributed by atoms with Gasteiger partial charge in [0.05, 0.1) is 5.69 Å². The molecule has 0 aliphatic heterocycles. The molecule has 124 valence electrons. The van der Waals surface area contributed by atoms with Crippen molar-refractivity contribution in [2.45, 2.75) is 33.4 Å². The molecule has 1 N–H and O–H groups in total. The van der Waals surface area contributed by atoms with Gasteiger partial charge in [-0.3, -0.25) is 4.68 Å². The number of fused-ring (bicyclic) bond motifs is 1. The molecule has 0 aliphatic carbocycles. The number of hydrogen-bond acceptors (Lipinski definition) is 4. The van der Waals surface area contributed by atoms with Gasteiger partial charge in [-0.05, 0) is 38.4 Å². The predicted molar refractivity (Wildman–Crippen MR) is 93.8 cm³/mol. The van der Waals surface area contributed by atoms with Crippen LogP contribution in [0.5, 0.6) is 0 Å². The van der Waals surface area contributed by atoms with Crippen LogP contribution in [-0.2, 0) is 20.1 Å². The maximum absolute atomic E-state index is 4.50. The van der Waals surface area contributed by atoms with Crippen molar-refractivity contribution in [2.24, 2.45) is 7.05 Å². The van der Waals surface area contributed by atoms with Crippen LogP contribution in [0, 0.1) is 13.8 Å². The molecule has 3 rings (SSSR count). The second kappa shape index (κ2) is 7.57. The van der Waals surface area contributed by atoms with Crippen molar-refractivity contribution in [3.63, 3.8) is 0 Å². The van der Waals surface area contributed by atoms with E-state index in [1.807, 2.05) is 44.2 Å². The fraction of sp³-hybridized carbons (Fsp3) is 0.438. The summed E-state index contributed by atoms with van der Waals surface area (Å²) in [6, 6.07) is 2.18. The third kappa shape index (κ3) is 3.89. The standard InChI is InChI=1S/C16H22N6.ClH/c1-12-15-9-14(11-19-16(15)21(3)20-12)10-17-5-4-7-22-8-6-18-13(22)2;/h6,8-9,11,17H,4-5,7,10H2,1-3H3;1H. The predicted octanol–water partition coefficient (Wildman–Crippen LogP) is 2.38. The molecule has 6 nitrogen and oxygen atoms in total. The smallest absolute Gasteiger partial charge is 0.157 e. The largest absolute Gasteiger partial charge is 0.335 e. The number of rotatable bonds is 6. The number of aromatic nitrogens is 5. The highest BCUT2D eigenvalue weighted by Gasteiger charge is 2.06. The van der Waals surface area contributed by atoms with E-state index in [-0.39, 0.29) is 12.4 Å². The summed E-state index contributed by atoms with van der Waals surface area (Å²) in [5.41, 5.74) is 3.17. The zero-order valence-corrected chi connectivity index (χ0v) is 14.6. The number of imidazole rings is 1. The van der Waals surface area contributed by atoms with Gasteiger partial charge in [-0.1, -0.05) is 0 Å². The van der Waals surface area contributed by atoms with Gasteiger partial charge in [0.1, 0.15) is 5.82 Å². The summed E-state index contributed by atoms with van der Waals surface area (Å²) in [6.07, 6.45) is 6.88. The van der Waals surface area contributed by atoms with Crippen LogP contribution in [0.15, 0.2) is 24.7 Å². The van der Waals surface area contributed by atoms with Crippen molar-refractivity contribution in [1.82, 2.24) is 29.6 Å². The first-order chi connectivity index (χ1) is 10.6. The molecule has 0 spiro atoms. The van der Waals surface area contributed by atoms with Crippen molar-refractivity contribution in [2.75, 3.05) is 6.54 Å². The highest BCUT2D eigenvalue weighted by molar-refractivity contribution is 5.85. The van der Waals surface area contributed by atoms with E-state index in [1.165, 1.54) is 5.56 Å². The van der Waals surface area contributed by atoms with Crippen molar-refractivity contribution >= 4 is 23.4 Å². The molecule has 0 atom stereocenters. The molecular formula is C16H23ClN6. The minimum Gasteiger partial charge on any atom is -0.335 e. The van der Waals surface area contributed by atoms with Gasteiger partial charge in [-0.25, -0.2) is 9.97 Å². The van der Waals surface area contributed by atoms with Gasteiger partial charge in [0, 0.05) is 44.1 Å². The summed E-state index contributed by atoms with van der Waals surface area (Å²) >= 11 is 0. The summed E-state index contributed by atoms with van der Waals surface area (Å²) < 4.78 is 4.00. The maximum Gasteiger partial charge on any atom is 0.157 e. The van der Waals surface area contributed by atoms with Crippen LogP contribution in [0.25, 0.3) is 11.0 Å². The Morgan fingerprint density at radius 2 is 2.04 bits per heavy atom. The first-order valence-electron chi connectivity index (χ1n) is 7.62. The second-order valence-corrected chi connectivity index (χ2v) is 5.62. The van der Waals surface area contributed by atoms with E-state index in [4.69, 9.17) is 0 Å². The zero-order valence-electron chi connectivity index (χ0n) is 13.8. The summed E-state index contributed by atoms with van der Waals surface area (Å²) in [7, 11) is 1.93. The maximum atomic E-state index is 4.50. The molecule has 23 heavy (non-hydrogen) atoms. The number of nitrogens with zero attached hydrogens (tertiary/aromatic N) is 5. The van der Waals surface area contributed by atoms with Gasteiger partial charge >= 0.3 is 0 Å². The van der Waals surface area contributed by atoms with E-state index in [0.29, 0.717) is 0 Å². The Bertz CT molecular complexity index is 776. The van der Waals surface area contributed by atoms with Gasteiger partial charge in [-0.15, -0.1) is 12.4 Å². The minimum atomic E-state index is 0.